The van der Waals surface area contributed by atoms with E-state index in [1.807, 2.05) is 6.07 Å². The van der Waals surface area contributed by atoms with Gasteiger partial charge >= 0.3 is 0 Å². The van der Waals surface area contributed by atoms with Gasteiger partial charge in [-0.05, 0) is 70.9 Å². The summed E-state index contributed by atoms with van der Waals surface area (Å²) in [5.41, 5.74) is 5.77. The number of rotatable bonds is 8. The number of fused-ring (bicyclic) bond motifs is 1. The number of ether oxygens (including phenoxy) is 4. The largest absolute Gasteiger partial charge is 0.493 e. The van der Waals surface area contributed by atoms with Crippen LogP contribution in [-0.2, 0) is 17.6 Å². The second-order valence-electron chi connectivity index (χ2n) is 6.76. The Kier molecular flexibility index (Phi) is 7.57. The van der Waals surface area contributed by atoms with Gasteiger partial charge in [-0.15, -0.1) is 0 Å². The van der Waals surface area contributed by atoms with Crippen LogP contribution < -0.4 is 24.4 Å². The van der Waals surface area contributed by atoms with Crippen LogP contribution in [0, 0.1) is 0 Å². The number of benzene rings is 2. The van der Waals surface area contributed by atoms with Crippen molar-refractivity contribution in [1.82, 2.24) is 5.43 Å². The first-order valence-corrected chi connectivity index (χ1v) is 10.4. The second kappa shape index (κ2) is 10.3. The zero-order chi connectivity index (χ0) is 21.5. The normalized spacial score (nSPS) is 12.9. The van der Waals surface area contributed by atoms with Crippen LogP contribution in [-0.4, -0.2) is 40.1 Å². The van der Waals surface area contributed by atoms with Gasteiger partial charge in [0, 0.05) is 5.56 Å². The lowest BCUT2D eigenvalue weighted by molar-refractivity contribution is -0.123. The minimum atomic E-state index is -0.358. The molecule has 3 rings (SSSR count). The smallest absolute Gasteiger partial charge is 0.277 e. The predicted octanol–water partition coefficient (Wildman–Crippen LogP) is 3.88. The molecule has 0 heterocycles. The summed E-state index contributed by atoms with van der Waals surface area (Å²) < 4.78 is 22.5. The summed E-state index contributed by atoms with van der Waals surface area (Å²) in [6, 6.07) is 7.45. The van der Waals surface area contributed by atoms with Crippen molar-refractivity contribution >= 4 is 28.1 Å². The summed E-state index contributed by atoms with van der Waals surface area (Å²) in [6.07, 6.45) is 6.00. The zero-order valence-corrected chi connectivity index (χ0v) is 18.9. The van der Waals surface area contributed by atoms with E-state index in [9.17, 15) is 4.79 Å². The number of hydrogen-bond donors (Lipinski definition) is 1. The maximum atomic E-state index is 12.1. The molecule has 1 N–H and O–H groups in total. The Morgan fingerprint density at radius 3 is 2.43 bits per heavy atom. The summed E-state index contributed by atoms with van der Waals surface area (Å²) in [7, 11) is 4.61. The molecule has 2 aromatic rings. The van der Waals surface area contributed by atoms with Gasteiger partial charge in [-0.2, -0.15) is 5.10 Å². The van der Waals surface area contributed by atoms with Crippen molar-refractivity contribution in [1.29, 1.82) is 0 Å². The van der Waals surface area contributed by atoms with Crippen LogP contribution in [0.25, 0.3) is 0 Å². The number of aryl methyl sites for hydroxylation is 1. The molecule has 160 valence electrons. The van der Waals surface area contributed by atoms with Crippen molar-refractivity contribution in [2.24, 2.45) is 5.10 Å². The molecule has 0 atom stereocenters. The molecule has 0 saturated heterocycles. The lowest BCUT2D eigenvalue weighted by atomic mass is 9.92. The molecule has 0 radical (unpaired) electrons. The molecule has 0 fully saturated rings. The number of hydrogen-bond acceptors (Lipinski definition) is 6. The third kappa shape index (κ3) is 5.05. The van der Waals surface area contributed by atoms with Gasteiger partial charge in [-0.25, -0.2) is 5.43 Å². The first-order valence-electron chi connectivity index (χ1n) is 9.62. The average Bonchev–Trinajstić information content (AvgIpc) is 2.78. The third-order valence-corrected chi connectivity index (χ3v) is 5.75. The van der Waals surface area contributed by atoms with E-state index in [2.05, 4.69) is 32.5 Å². The van der Waals surface area contributed by atoms with Gasteiger partial charge in [-0.1, -0.05) is 6.07 Å². The minimum Gasteiger partial charge on any atom is -0.493 e. The highest BCUT2D eigenvalue weighted by Gasteiger charge is 2.16. The van der Waals surface area contributed by atoms with E-state index in [1.54, 1.807) is 12.1 Å². The summed E-state index contributed by atoms with van der Waals surface area (Å²) in [4.78, 5) is 12.1. The minimum absolute atomic E-state index is 0.135. The van der Waals surface area contributed by atoms with Gasteiger partial charge in [0.1, 0.15) is 5.75 Å². The lowest BCUT2D eigenvalue weighted by Crippen LogP contribution is -2.24. The van der Waals surface area contributed by atoms with E-state index < -0.39 is 0 Å². The second-order valence-corrected chi connectivity index (χ2v) is 7.56. The molecule has 1 amide bonds. The monoisotopic (exact) mass is 476 g/mol. The van der Waals surface area contributed by atoms with E-state index >= 15 is 0 Å². The number of nitrogens with zero attached hydrogens (tertiary/aromatic N) is 1. The first kappa shape index (κ1) is 22.0. The summed E-state index contributed by atoms with van der Waals surface area (Å²) in [5.74, 6) is 1.81. The molecule has 7 nitrogen and oxygen atoms in total. The van der Waals surface area contributed by atoms with Crippen molar-refractivity contribution in [3.8, 4) is 23.0 Å². The first-order chi connectivity index (χ1) is 14.6. The van der Waals surface area contributed by atoms with Gasteiger partial charge in [0.05, 0.1) is 32.0 Å². The maximum Gasteiger partial charge on any atom is 0.277 e. The topological polar surface area (TPSA) is 78.4 Å². The van der Waals surface area contributed by atoms with E-state index in [-0.39, 0.29) is 12.5 Å². The standard InChI is InChI=1S/C22H25BrN2O5/c1-27-18-10-14(11-19(28-2)22(18)29-3)12-24-25-20(26)13-30-17-9-8-15-6-4-5-7-16(15)21(17)23/h8-12H,4-7,13H2,1-3H3,(H,25,26). The Hall–Kier alpha value is -2.74. The van der Waals surface area contributed by atoms with Crippen LogP contribution in [0.4, 0.5) is 0 Å². The molecule has 0 aliphatic heterocycles. The highest BCUT2D eigenvalue weighted by atomic mass is 79.9. The summed E-state index contributed by atoms with van der Waals surface area (Å²) in [6.45, 7) is -0.135. The Balaban J connectivity index is 1.59. The van der Waals surface area contributed by atoms with Gasteiger partial charge in [0.2, 0.25) is 5.75 Å². The predicted molar refractivity (Wildman–Crippen MR) is 118 cm³/mol. The molecule has 0 aromatic heterocycles. The molecular formula is C22H25BrN2O5. The fraction of sp³-hybridized carbons (Fsp3) is 0.364. The van der Waals surface area contributed by atoms with Crippen molar-refractivity contribution in [2.45, 2.75) is 25.7 Å². The number of nitrogens with one attached hydrogen (secondary N) is 1. The van der Waals surface area contributed by atoms with Crippen molar-refractivity contribution in [3.05, 3.63) is 45.4 Å². The van der Waals surface area contributed by atoms with E-state index in [4.69, 9.17) is 18.9 Å². The van der Waals surface area contributed by atoms with Crippen LogP contribution in [0.2, 0.25) is 0 Å². The number of methoxy groups -OCH3 is 3. The Labute approximate surface area is 184 Å². The van der Waals surface area contributed by atoms with Crippen LogP contribution in [0.5, 0.6) is 23.0 Å². The number of carbonyl (C=O) groups excluding carboxylic acids is 1. The van der Waals surface area contributed by atoms with Crippen molar-refractivity contribution in [3.63, 3.8) is 0 Å². The van der Waals surface area contributed by atoms with E-state index in [1.165, 1.54) is 51.5 Å². The summed E-state index contributed by atoms with van der Waals surface area (Å²) >= 11 is 3.62. The van der Waals surface area contributed by atoms with Crippen LogP contribution in [0.15, 0.2) is 33.8 Å². The van der Waals surface area contributed by atoms with E-state index in [0.717, 1.165) is 17.3 Å². The molecule has 1 aliphatic carbocycles. The van der Waals surface area contributed by atoms with Gasteiger partial charge < -0.3 is 18.9 Å². The van der Waals surface area contributed by atoms with Crippen LogP contribution >= 0.6 is 15.9 Å². The maximum absolute atomic E-state index is 12.1. The molecule has 0 unspecified atom stereocenters. The Morgan fingerprint density at radius 2 is 1.77 bits per heavy atom. The fourth-order valence-corrected chi connectivity index (χ4v) is 4.10. The number of carbonyl (C=O) groups is 1. The number of amides is 1. The number of halogens is 1. The molecular weight excluding hydrogens is 452 g/mol. The molecule has 1 aliphatic rings. The van der Waals surface area contributed by atoms with Gasteiger partial charge in [0.15, 0.2) is 18.1 Å². The summed E-state index contributed by atoms with van der Waals surface area (Å²) in [5, 5.41) is 3.98. The fourth-order valence-electron chi connectivity index (χ4n) is 3.40. The molecule has 0 spiro atoms. The molecule has 0 bridgehead atoms. The average molecular weight is 477 g/mol. The molecule has 0 saturated carbocycles. The highest BCUT2D eigenvalue weighted by Crippen LogP contribution is 2.38. The molecule has 2 aromatic carbocycles. The number of hydrazone groups is 1. The van der Waals surface area contributed by atoms with Crippen molar-refractivity contribution < 1.29 is 23.7 Å². The van der Waals surface area contributed by atoms with Crippen molar-refractivity contribution in [2.75, 3.05) is 27.9 Å². The Morgan fingerprint density at radius 1 is 1.07 bits per heavy atom. The van der Waals surface area contributed by atoms with Crippen LogP contribution in [0.3, 0.4) is 0 Å². The van der Waals surface area contributed by atoms with Gasteiger partial charge in [-0.3, -0.25) is 4.79 Å². The van der Waals surface area contributed by atoms with E-state index in [0.29, 0.717) is 28.6 Å². The molecule has 30 heavy (non-hydrogen) atoms. The Bertz CT molecular complexity index is 920. The lowest BCUT2D eigenvalue weighted by Gasteiger charge is -2.19. The van der Waals surface area contributed by atoms with Crippen LogP contribution in [0.1, 0.15) is 29.5 Å². The molecule has 8 heteroatoms. The third-order valence-electron chi connectivity index (χ3n) is 4.88. The SMILES string of the molecule is COc1cc(C=NNC(=O)COc2ccc3c(c2Br)CCCC3)cc(OC)c1OC. The quantitative estimate of drug-likeness (QED) is 0.461. The highest BCUT2D eigenvalue weighted by molar-refractivity contribution is 9.10. The van der Waals surface area contributed by atoms with Gasteiger partial charge in [0.25, 0.3) is 5.91 Å². The zero-order valence-electron chi connectivity index (χ0n) is 17.3.